The molecule has 0 aliphatic heterocycles. The molecular formula is C17H10O. The minimum absolute atomic E-state index is 0.101. The van der Waals surface area contributed by atoms with Crippen LogP contribution in [0.2, 0.25) is 0 Å². The number of allylic oxidation sites excluding steroid dienone is 3. The van der Waals surface area contributed by atoms with Gasteiger partial charge in [-0.2, -0.15) is 0 Å². The van der Waals surface area contributed by atoms with Gasteiger partial charge >= 0.3 is 0 Å². The van der Waals surface area contributed by atoms with Crippen molar-refractivity contribution in [3.8, 4) is 0 Å². The molecule has 0 saturated heterocycles. The second-order valence-electron chi connectivity index (χ2n) is 4.61. The average Bonchev–Trinajstić information content (AvgIpc) is 2.86. The highest BCUT2D eigenvalue weighted by molar-refractivity contribution is 6.16. The second kappa shape index (κ2) is 3.30. The first kappa shape index (κ1) is 9.60. The molecule has 2 aliphatic carbocycles. The van der Waals surface area contributed by atoms with Crippen LogP contribution in [-0.4, -0.2) is 5.78 Å². The third-order valence-corrected chi connectivity index (χ3v) is 3.62. The predicted octanol–water partition coefficient (Wildman–Crippen LogP) is 2.18. The van der Waals surface area contributed by atoms with Gasteiger partial charge in [0.25, 0.3) is 0 Å². The molecule has 18 heavy (non-hydrogen) atoms. The zero-order chi connectivity index (χ0) is 12.1. The summed E-state index contributed by atoms with van der Waals surface area (Å²) in [6.45, 7) is 0. The van der Waals surface area contributed by atoms with E-state index in [-0.39, 0.29) is 5.78 Å². The molecule has 0 aromatic heterocycles. The highest BCUT2D eigenvalue weighted by Crippen LogP contribution is 2.22. The van der Waals surface area contributed by atoms with Crippen molar-refractivity contribution in [2.75, 3.05) is 0 Å². The first-order valence-corrected chi connectivity index (χ1v) is 6.01. The minimum atomic E-state index is 0.101. The fourth-order valence-electron chi connectivity index (χ4n) is 2.78. The maximum Gasteiger partial charge on any atom is 0.187 e. The number of carbonyl (C=O) groups excluding carboxylic acids is 1. The molecular weight excluding hydrogens is 220 g/mol. The van der Waals surface area contributed by atoms with Crippen LogP contribution in [-0.2, 0) is 0 Å². The summed E-state index contributed by atoms with van der Waals surface area (Å²) in [5.74, 6) is 0.101. The fourth-order valence-corrected chi connectivity index (χ4v) is 2.78. The summed E-state index contributed by atoms with van der Waals surface area (Å²) < 4.78 is 0. The maximum absolute atomic E-state index is 12.1. The number of hydrogen-bond donors (Lipinski definition) is 0. The van der Waals surface area contributed by atoms with Crippen molar-refractivity contribution in [2.45, 2.75) is 0 Å². The van der Waals surface area contributed by atoms with Gasteiger partial charge in [0.05, 0.1) is 0 Å². The molecule has 0 radical (unpaired) electrons. The summed E-state index contributed by atoms with van der Waals surface area (Å²) in [6.07, 6.45) is 11.7. The lowest BCUT2D eigenvalue weighted by Crippen LogP contribution is -2.17. The van der Waals surface area contributed by atoms with Gasteiger partial charge in [-0.05, 0) is 32.8 Å². The minimum Gasteiger partial charge on any atom is -0.289 e. The molecule has 0 heterocycles. The predicted molar refractivity (Wildman–Crippen MR) is 74.6 cm³/mol. The zero-order valence-corrected chi connectivity index (χ0v) is 9.68. The van der Waals surface area contributed by atoms with Crippen LogP contribution in [0, 0.1) is 0 Å². The van der Waals surface area contributed by atoms with Gasteiger partial charge in [0.15, 0.2) is 5.78 Å². The van der Waals surface area contributed by atoms with Crippen LogP contribution in [0.25, 0.3) is 29.0 Å². The van der Waals surface area contributed by atoms with Gasteiger partial charge in [0.2, 0.25) is 0 Å². The van der Waals surface area contributed by atoms with E-state index in [0.29, 0.717) is 0 Å². The molecule has 2 aliphatic rings. The van der Waals surface area contributed by atoms with Crippen molar-refractivity contribution in [3.05, 3.63) is 64.1 Å². The number of benzene rings is 2. The lowest BCUT2D eigenvalue weighted by atomic mass is 9.93. The Bertz CT molecular complexity index is 880. The second-order valence-corrected chi connectivity index (χ2v) is 4.61. The van der Waals surface area contributed by atoms with Crippen LogP contribution >= 0.6 is 0 Å². The summed E-state index contributed by atoms with van der Waals surface area (Å²) in [7, 11) is 0. The van der Waals surface area contributed by atoms with E-state index in [0.717, 1.165) is 21.6 Å². The largest absolute Gasteiger partial charge is 0.289 e. The first-order valence-electron chi connectivity index (χ1n) is 6.01. The van der Waals surface area contributed by atoms with Crippen molar-refractivity contribution in [3.63, 3.8) is 0 Å². The van der Waals surface area contributed by atoms with Gasteiger partial charge in [-0.3, -0.25) is 4.79 Å². The lowest BCUT2D eigenvalue weighted by Gasteiger charge is -2.09. The zero-order valence-electron chi connectivity index (χ0n) is 9.68. The highest BCUT2D eigenvalue weighted by atomic mass is 16.1. The Morgan fingerprint density at radius 3 is 2.39 bits per heavy atom. The van der Waals surface area contributed by atoms with Crippen molar-refractivity contribution in [1.29, 1.82) is 0 Å². The van der Waals surface area contributed by atoms with Crippen molar-refractivity contribution < 1.29 is 4.79 Å². The van der Waals surface area contributed by atoms with Gasteiger partial charge in [0.1, 0.15) is 0 Å². The van der Waals surface area contributed by atoms with Crippen molar-refractivity contribution >= 4 is 34.8 Å². The Kier molecular flexibility index (Phi) is 1.76. The molecule has 2 aromatic carbocycles. The Hall–Kier alpha value is -2.41. The quantitative estimate of drug-likeness (QED) is 0.678. The van der Waals surface area contributed by atoms with E-state index >= 15 is 0 Å². The Balaban J connectivity index is 2.26. The Morgan fingerprint density at radius 1 is 0.722 bits per heavy atom. The molecule has 0 amide bonds. The van der Waals surface area contributed by atoms with Gasteiger partial charge in [0, 0.05) is 5.56 Å². The topological polar surface area (TPSA) is 17.1 Å². The molecule has 84 valence electrons. The highest BCUT2D eigenvalue weighted by Gasteiger charge is 2.13. The molecule has 1 nitrogen and oxygen atoms in total. The summed E-state index contributed by atoms with van der Waals surface area (Å²) in [5, 5.41) is 4.45. The number of hydrogen-bond acceptors (Lipinski definition) is 1. The molecule has 4 rings (SSSR count). The van der Waals surface area contributed by atoms with Crippen molar-refractivity contribution in [2.24, 2.45) is 0 Å². The van der Waals surface area contributed by atoms with Gasteiger partial charge in [-0.1, -0.05) is 54.6 Å². The third-order valence-electron chi connectivity index (χ3n) is 3.62. The van der Waals surface area contributed by atoms with Crippen LogP contribution in [0.3, 0.4) is 0 Å². The summed E-state index contributed by atoms with van der Waals surface area (Å²) in [5.41, 5.74) is 2.05. The van der Waals surface area contributed by atoms with E-state index in [4.69, 9.17) is 0 Å². The van der Waals surface area contributed by atoms with Crippen LogP contribution in [0.1, 0.15) is 15.9 Å². The summed E-state index contributed by atoms with van der Waals surface area (Å²) in [4.78, 5) is 12.1. The van der Waals surface area contributed by atoms with E-state index in [1.165, 1.54) is 10.8 Å². The molecule has 1 heteroatoms. The molecule has 0 N–H and O–H groups in total. The number of ketones is 1. The van der Waals surface area contributed by atoms with Crippen LogP contribution in [0.5, 0.6) is 0 Å². The van der Waals surface area contributed by atoms with Crippen LogP contribution in [0.15, 0.2) is 42.5 Å². The summed E-state index contributed by atoms with van der Waals surface area (Å²) in [6, 6.07) is 8.29. The third kappa shape index (κ3) is 1.13. The summed E-state index contributed by atoms with van der Waals surface area (Å²) >= 11 is 0. The molecule has 0 spiro atoms. The van der Waals surface area contributed by atoms with E-state index in [9.17, 15) is 4.79 Å². The molecule has 0 saturated carbocycles. The number of rotatable bonds is 0. The normalized spacial score (nSPS) is 15.2. The number of carbonyl (C=O) groups is 1. The van der Waals surface area contributed by atoms with Crippen LogP contribution < -0.4 is 10.4 Å². The molecule has 2 aromatic rings. The van der Waals surface area contributed by atoms with Gasteiger partial charge in [-0.25, -0.2) is 0 Å². The molecule has 0 fully saturated rings. The Morgan fingerprint density at radius 2 is 1.44 bits per heavy atom. The Labute approximate surface area is 104 Å². The van der Waals surface area contributed by atoms with Gasteiger partial charge < -0.3 is 0 Å². The maximum atomic E-state index is 12.1. The van der Waals surface area contributed by atoms with E-state index < -0.39 is 0 Å². The smallest absolute Gasteiger partial charge is 0.187 e. The van der Waals surface area contributed by atoms with Crippen LogP contribution in [0.4, 0.5) is 0 Å². The van der Waals surface area contributed by atoms with Crippen molar-refractivity contribution in [1.82, 2.24) is 0 Å². The van der Waals surface area contributed by atoms with Gasteiger partial charge in [-0.15, -0.1) is 0 Å². The standard InChI is InChI=1S/C17H10O/c18-16-6-2-4-12-8-9-14-13-5-1-3-11(13)7-10-15(14)17(12)16/h1-10H. The van der Waals surface area contributed by atoms with E-state index in [1.54, 1.807) is 6.08 Å². The molecule has 0 bridgehead atoms. The molecule has 0 atom stereocenters. The SMILES string of the molecule is O=C1C=CC=c2ccc3c4c(ccc3c21)=CC=C4. The van der Waals surface area contributed by atoms with E-state index in [1.807, 2.05) is 18.2 Å². The fraction of sp³-hybridized carbons (Fsp3) is 0. The molecule has 0 unspecified atom stereocenters. The first-order chi connectivity index (χ1) is 8.84. The monoisotopic (exact) mass is 230 g/mol. The average molecular weight is 230 g/mol. The lowest BCUT2D eigenvalue weighted by molar-refractivity contribution is 0.104. The number of fused-ring (bicyclic) bond motifs is 5. The van der Waals surface area contributed by atoms with E-state index in [2.05, 4.69) is 36.4 Å².